The van der Waals surface area contributed by atoms with Gasteiger partial charge in [-0.2, -0.15) is 0 Å². The molecule has 1 amide bonds. The molecule has 1 N–H and O–H groups in total. The van der Waals surface area contributed by atoms with Gasteiger partial charge in [0.2, 0.25) is 5.91 Å². The lowest BCUT2D eigenvalue weighted by Crippen LogP contribution is -2.41. The highest BCUT2D eigenvalue weighted by molar-refractivity contribution is 7.18. The summed E-state index contributed by atoms with van der Waals surface area (Å²) in [5.74, 6) is 2.05. The third kappa shape index (κ3) is 4.05. The zero-order valence-electron chi connectivity index (χ0n) is 17.5. The Morgan fingerprint density at radius 2 is 2.13 bits per heavy atom. The highest BCUT2D eigenvalue weighted by Gasteiger charge is 2.28. The molecule has 158 valence electrons. The maximum atomic E-state index is 13.1. The number of fused-ring (bicyclic) bond motifs is 1. The molecule has 30 heavy (non-hydrogen) atoms. The second-order valence-corrected chi connectivity index (χ2v) is 8.44. The average Bonchev–Trinajstić information content (AvgIpc) is 3.22. The Hall–Kier alpha value is -2.87. The van der Waals surface area contributed by atoms with Crippen LogP contribution in [0.5, 0.6) is 11.5 Å². The van der Waals surface area contributed by atoms with Gasteiger partial charge in [-0.3, -0.25) is 4.79 Å². The first kappa shape index (κ1) is 20.4. The van der Waals surface area contributed by atoms with Gasteiger partial charge in [0, 0.05) is 24.0 Å². The molecule has 0 spiro atoms. The van der Waals surface area contributed by atoms with Crippen molar-refractivity contribution in [1.29, 1.82) is 0 Å². The van der Waals surface area contributed by atoms with Gasteiger partial charge >= 0.3 is 0 Å². The molecule has 0 aliphatic carbocycles. The first-order valence-electron chi connectivity index (χ1n) is 10.1. The van der Waals surface area contributed by atoms with Crippen molar-refractivity contribution in [3.63, 3.8) is 0 Å². The Morgan fingerprint density at radius 3 is 2.90 bits per heavy atom. The van der Waals surface area contributed by atoms with Gasteiger partial charge in [0.25, 0.3) is 0 Å². The molecule has 1 aromatic carbocycles. The minimum atomic E-state index is -0.135. The minimum absolute atomic E-state index is 0.0175. The van der Waals surface area contributed by atoms with E-state index in [0.29, 0.717) is 23.7 Å². The summed E-state index contributed by atoms with van der Waals surface area (Å²) >= 11 is 1.71. The summed E-state index contributed by atoms with van der Waals surface area (Å²) in [5.41, 5.74) is 0.619. The van der Waals surface area contributed by atoms with Crippen LogP contribution in [0.15, 0.2) is 30.6 Å². The molecule has 0 bridgehead atoms. The summed E-state index contributed by atoms with van der Waals surface area (Å²) in [6.45, 7) is 3.66. The number of carbonyl (C=O) groups is 1. The first-order chi connectivity index (χ1) is 14.6. The van der Waals surface area contributed by atoms with E-state index in [2.05, 4.69) is 33.2 Å². The Kier molecular flexibility index (Phi) is 6.03. The van der Waals surface area contributed by atoms with E-state index >= 15 is 0 Å². The van der Waals surface area contributed by atoms with E-state index in [1.807, 2.05) is 6.07 Å². The van der Waals surface area contributed by atoms with Crippen molar-refractivity contribution in [2.24, 2.45) is 5.92 Å². The quantitative estimate of drug-likeness (QED) is 0.639. The van der Waals surface area contributed by atoms with Crippen LogP contribution in [-0.4, -0.2) is 43.2 Å². The number of ether oxygens (including phenoxy) is 2. The van der Waals surface area contributed by atoms with Crippen molar-refractivity contribution in [2.75, 3.05) is 37.5 Å². The molecule has 1 fully saturated rings. The van der Waals surface area contributed by atoms with Gasteiger partial charge in [-0.1, -0.05) is 6.92 Å². The topological polar surface area (TPSA) is 76.6 Å². The molecular weight excluding hydrogens is 400 g/mol. The molecule has 0 unspecified atom stereocenters. The third-order valence-corrected chi connectivity index (χ3v) is 6.65. The van der Waals surface area contributed by atoms with E-state index in [1.165, 1.54) is 4.88 Å². The lowest BCUT2D eigenvalue weighted by Gasteiger charge is -2.33. The summed E-state index contributed by atoms with van der Waals surface area (Å²) in [5, 5.41) is 4.11. The first-order valence-corrected chi connectivity index (χ1v) is 11.0. The van der Waals surface area contributed by atoms with Crippen LogP contribution < -0.4 is 19.7 Å². The number of nitrogens with one attached hydrogen (secondary N) is 1. The summed E-state index contributed by atoms with van der Waals surface area (Å²) < 4.78 is 10.7. The van der Waals surface area contributed by atoms with Gasteiger partial charge in [0.15, 0.2) is 0 Å². The lowest BCUT2D eigenvalue weighted by molar-refractivity contribution is -0.120. The summed E-state index contributed by atoms with van der Waals surface area (Å²) in [4.78, 5) is 26.6. The largest absolute Gasteiger partial charge is 0.497 e. The van der Waals surface area contributed by atoms with E-state index in [4.69, 9.17) is 9.47 Å². The molecule has 1 aliphatic rings. The normalized spacial score (nSPS) is 16.5. The zero-order chi connectivity index (χ0) is 21.1. The summed E-state index contributed by atoms with van der Waals surface area (Å²) in [6, 6.07) is 7.56. The number of nitrogens with zero attached hydrogens (tertiary/aromatic N) is 3. The van der Waals surface area contributed by atoms with Crippen LogP contribution >= 0.6 is 11.3 Å². The fourth-order valence-corrected chi connectivity index (χ4v) is 4.78. The van der Waals surface area contributed by atoms with Gasteiger partial charge in [0.1, 0.15) is 28.5 Å². The number of methoxy groups -OCH3 is 2. The molecule has 1 atom stereocenters. The van der Waals surface area contributed by atoms with Crippen molar-refractivity contribution in [2.45, 2.75) is 26.2 Å². The van der Waals surface area contributed by atoms with Gasteiger partial charge in [-0.05, 0) is 37.5 Å². The molecule has 0 saturated carbocycles. The number of carbonyl (C=O) groups excluding carboxylic acids is 1. The van der Waals surface area contributed by atoms with Crippen molar-refractivity contribution < 1.29 is 14.3 Å². The molecule has 0 radical (unpaired) electrons. The number of aryl methyl sites for hydroxylation is 1. The van der Waals surface area contributed by atoms with Crippen LogP contribution in [0, 0.1) is 5.92 Å². The second kappa shape index (κ2) is 8.87. The molecule has 7 nitrogen and oxygen atoms in total. The number of piperidine rings is 1. The van der Waals surface area contributed by atoms with Crippen molar-refractivity contribution in [3.05, 3.63) is 35.5 Å². The molecule has 3 heterocycles. The van der Waals surface area contributed by atoms with Crippen molar-refractivity contribution in [1.82, 2.24) is 9.97 Å². The number of amides is 1. The number of hydrogen-bond acceptors (Lipinski definition) is 7. The second-order valence-electron chi connectivity index (χ2n) is 7.32. The molecule has 1 aliphatic heterocycles. The van der Waals surface area contributed by atoms with Gasteiger partial charge in [0.05, 0.1) is 31.2 Å². The average molecular weight is 427 g/mol. The highest BCUT2D eigenvalue weighted by atomic mass is 32.1. The number of thiophene rings is 1. The molecule has 2 aromatic heterocycles. The maximum absolute atomic E-state index is 13.1. The van der Waals surface area contributed by atoms with Crippen molar-refractivity contribution >= 4 is 39.0 Å². The van der Waals surface area contributed by atoms with E-state index < -0.39 is 0 Å². The van der Waals surface area contributed by atoms with Crippen LogP contribution in [0.25, 0.3) is 10.2 Å². The van der Waals surface area contributed by atoms with Crippen molar-refractivity contribution in [3.8, 4) is 11.5 Å². The Bertz CT molecular complexity index is 1050. The number of anilines is 2. The van der Waals surface area contributed by atoms with Gasteiger partial charge < -0.3 is 19.7 Å². The molecular formula is C22H26N4O3S. The monoisotopic (exact) mass is 426 g/mol. The molecule has 8 heteroatoms. The van der Waals surface area contributed by atoms with E-state index in [-0.39, 0.29) is 11.8 Å². The number of benzene rings is 1. The Morgan fingerprint density at radius 1 is 1.27 bits per heavy atom. The highest BCUT2D eigenvalue weighted by Crippen LogP contribution is 2.34. The van der Waals surface area contributed by atoms with E-state index in [9.17, 15) is 4.79 Å². The van der Waals surface area contributed by atoms with Gasteiger partial charge in [-0.15, -0.1) is 11.3 Å². The predicted molar refractivity (Wildman–Crippen MR) is 120 cm³/mol. The smallest absolute Gasteiger partial charge is 0.229 e. The summed E-state index contributed by atoms with van der Waals surface area (Å²) in [7, 11) is 3.19. The summed E-state index contributed by atoms with van der Waals surface area (Å²) in [6.07, 6.45) is 4.38. The maximum Gasteiger partial charge on any atom is 0.229 e. The number of rotatable bonds is 6. The van der Waals surface area contributed by atoms with Gasteiger partial charge in [-0.25, -0.2) is 9.97 Å². The number of hydrogen-bond donors (Lipinski definition) is 1. The Balaban J connectivity index is 1.53. The van der Waals surface area contributed by atoms with E-state index in [0.717, 1.165) is 41.8 Å². The predicted octanol–water partition coefficient (Wildman–Crippen LogP) is 4.13. The van der Waals surface area contributed by atoms with Crippen LogP contribution in [0.3, 0.4) is 0 Å². The lowest BCUT2D eigenvalue weighted by atomic mass is 9.96. The fourth-order valence-electron chi connectivity index (χ4n) is 3.85. The van der Waals surface area contributed by atoms with Crippen LogP contribution in [0.2, 0.25) is 0 Å². The molecule has 1 saturated heterocycles. The van der Waals surface area contributed by atoms with Crippen LogP contribution in [0.1, 0.15) is 24.6 Å². The van der Waals surface area contributed by atoms with Crippen LogP contribution in [0.4, 0.5) is 11.5 Å². The zero-order valence-corrected chi connectivity index (χ0v) is 18.3. The number of aromatic nitrogens is 2. The third-order valence-electron chi connectivity index (χ3n) is 5.46. The molecule has 4 rings (SSSR count). The minimum Gasteiger partial charge on any atom is -0.497 e. The Labute approximate surface area is 180 Å². The van der Waals surface area contributed by atoms with E-state index in [1.54, 1.807) is 44.0 Å². The fraction of sp³-hybridized carbons (Fsp3) is 0.409. The standard InChI is InChI=1S/C22H26N4O3S/c1-4-16-11-17-20(23-13-24-22(17)30-16)26-9-5-6-14(12-26)21(27)25-18-10-15(28-2)7-8-19(18)29-3/h7-8,10-11,13-14H,4-6,9,12H2,1-3H3,(H,25,27)/t14-/m1/s1. The SMILES string of the molecule is CCc1cc2c(N3CCC[C@@H](C(=O)Nc4cc(OC)ccc4OC)C3)ncnc2s1. The molecule has 3 aromatic rings. The van der Waals surface area contributed by atoms with Crippen LogP contribution in [-0.2, 0) is 11.2 Å².